The molecule has 35 heavy (non-hydrogen) atoms. The van der Waals surface area contributed by atoms with Gasteiger partial charge in [-0.05, 0) is 48.0 Å². The zero-order valence-corrected chi connectivity index (χ0v) is 18.7. The van der Waals surface area contributed by atoms with Crippen LogP contribution in [0.5, 0.6) is 0 Å². The maximum atomic E-state index is 13.9. The van der Waals surface area contributed by atoms with E-state index in [1.807, 2.05) is 6.07 Å². The summed E-state index contributed by atoms with van der Waals surface area (Å²) in [5.41, 5.74) is 0.388. The van der Waals surface area contributed by atoms with Crippen molar-refractivity contribution in [1.82, 2.24) is 20.3 Å². The number of para-hydroxylation sites is 1. The van der Waals surface area contributed by atoms with Gasteiger partial charge in [0.1, 0.15) is 0 Å². The molecule has 0 fully saturated rings. The number of hydrogen-bond donors (Lipinski definition) is 1. The molecular formula is C26H16ClF3N4O. The third-order valence-electron chi connectivity index (χ3n) is 5.58. The molecule has 0 aliphatic rings. The highest BCUT2D eigenvalue weighted by molar-refractivity contribution is 6.35. The van der Waals surface area contributed by atoms with E-state index < -0.39 is 23.7 Å². The number of nitrogens with zero attached hydrogens (tertiary/aromatic N) is 3. The third kappa shape index (κ3) is 4.52. The highest BCUT2D eigenvalue weighted by Gasteiger charge is 2.37. The lowest BCUT2D eigenvalue weighted by molar-refractivity contribution is -0.138. The van der Waals surface area contributed by atoms with Crippen LogP contribution >= 0.6 is 11.6 Å². The molecule has 1 amide bonds. The Kier molecular flexibility index (Phi) is 5.82. The van der Waals surface area contributed by atoms with Crippen LogP contribution in [0.2, 0.25) is 5.02 Å². The molecule has 0 saturated heterocycles. The monoisotopic (exact) mass is 492 g/mol. The van der Waals surface area contributed by atoms with Crippen molar-refractivity contribution in [1.29, 1.82) is 0 Å². The predicted molar refractivity (Wildman–Crippen MR) is 127 cm³/mol. The highest BCUT2D eigenvalue weighted by atomic mass is 35.5. The summed E-state index contributed by atoms with van der Waals surface area (Å²) in [4.78, 5) is 25.8. The van der Waals surface area contributed by atoms with Gasteiger partial charge in [0.2, 0.25) is 0 Å². The number of hydrogen-bond acceptors (Lipinski definition) is 4. The van der Waals surface area contributed by atoms with E-state index in [9.17, 15) is 18.0 Å². The Morgan fingerprint density at radius 2 is 1.66 bits per heavy atom. The van der Waals surface area contributed by atoms with Crippen LogP contribution < -0.4 is 5.32 Å². The normalized spacial score (nSPS) is 12.6. The first kappa shape index (κ1) is 22.7. The molecule has 0 spiro atoms. The zero-order valence-electron chi connectivity index (χ0n) is 17.9. The van der Waals surface area contributed by atoms with Crippen molar-refractivity contribution in [2.75, 3.05) is 0 Å². The van der Waals surface area contributed by atoms with Gasteiger partial charge in [-0.2, -0.15) is 13.2 Å². The molecule has 5 rings (SSSR count). The highest BCUT2D eigenvalue weighted by Crippen LogP contribution is 2.36. The lowest BCUT2D eigenvalue weighted by Crippen LogP contribution is -2.31. The molecule has 1 N–H and O–H groups in total. The minimum absolute atomic E-state index is 0.252. The van der Waals surface area contributed by atoms with Crippen LogP contribution in [0, 0.1) is 0 Å². The number of halogens is 4. The lowest BCUT2D eigenvalue weighted by atomic mass is 9.98. The van der Waals surface area contributed by atoms with Gasteiger partial charge in [0.15, 0.2) is 0 Å². The fourth-order valence-corrected chi connectivity index (χ4v) is 4.15. The maximum Gasteiger partial charge on any atom is 0.418 e. The quantitative estimate of drug-likeness (QED) is 0.316. The van der Waals surface area contributed by atoms with Crippen molar-refractivity contribution in [2.24, 2.45) is 0 Å². The number of pyridine rings is 3. The number of carbonyl (C=O) groups excluding carboxylic acids is 1. The fraction of sp³-hybridized carbons (Fsp3) is 0.0769. The van der Waals surface area contributed by atoms with Gasteiger partial charge in [-0.25, -0.2) is 0 Å². The van der Waals surface area contributed by atoms with Gasteiger partial charge in [0.05, 0.1) is 33.4 Å². The number of amides is 1. The molecule has 174 valence electrons. The second-order valence-corrected chi connectivity index (χ2v) is 8.24. The zero-order chi connectivity index (χ0) is 24.6. The predicted octanol–water partition coefficient (Wildman–Crippen LogP) is 6.37. The summed E-state index contributed by atoms with van der Waals surface area (Å²) in [5, 5.41) is 4.58. The van der Waals surface area contributed by atoms with Crippen LogP contribution in [0.3, 0.4) is 0 Å². The minimum Gasteiger partial charge on any atom is -0.339 e. The number of aromatic nitrogens is 3. The maximum absolute atomic E-state index is 13.9. The van der Waals surface area contributed by atoms with Crippen LogP contribution in [0.25, 0.3) is 21.8 Å². The Bertz CT molecular complexity index is 1570. The SMILES string of the molecule is O=C(NC(c1cnc2c(Cl)cccc2c1)c1ncccc1C(F)(F)F)c1ccc2cccnc2c1. The van der Waals surface area contributed by atoms with Crippen LogP contribution in [-0.4, -0.2) is 20.9 Å². The lowest BCUT2D eigenvalue weighted by Gasteiger charge is -2.22. The van der Waals surface area contributed by atoms with Gasteiger partial charge >= 0.3 is 6.18 Å². The first-order chi connectivity index (χ1) is 16.8. The van der Waals surface area contributed by atoms with Gasteiger partial charge in [0.25, 0.3) is 5.91 Å². The summed E-state index contributed by atoms with van der Waals surface area (Å²) in [6.45, 7) is 0. The molecule has 5 nitrogen and oxygen atoms in total. The number of carbonyl (C=O) groups is 1. The van der Waals surface area contributed by atoms with Crippen molar-refractivity contribution in [2.45, 2.75) is 12.2 Å². The van der Waals surface area contributed by atoms with Crippen molar-refractivity contribution in [3.63, 3.8) is 0 Å². The van der Waals surface area contributed by atoms with E-state index in [-0.39, 0.29) is 11.3 Å². The standard InChI is InChI=1S/C26H16ClF3N4O/c27-20-7-1-4-16-12-18(14-33-22(16)20)23(24-19(26(28,29)30)6-3-11-32-24)34-25(35)17-9-8-15-5-2-10-31-21(15)13-17/h1-14,23H,(H,34,35). The summed E-state index contributed by atoms with van der Waals surface area (Å²) in [6, 6.07) is 16.2. The number of fused-ring (bicyclic) bond motifs is 2. The minimum atomic E-state index is -4.67. The molecule has 9 heteroatoms. The van der Waals surface area contributed by atoms with Crippen LogP contribution in [0.1, 0.15) is 33.2 Å². The Morgan fingerprint density at radius 3 is 2.49 bits per heavy atom. The molecule has 5 aromatic rings. The summed E-state index contributed by atoms with van der Waals surface area (Å²) >= 11 is 6.20. The van der Waals surface area contributed by atoms with E-state index in [0.29, 0.717) is 27.0 Å². The second kappa shape index (κ2) is 8.96. The van der Waals surface area contributed by atoms with Crippen molar-refractivity contribution < 1.29 is 18.0 Å². The molecule has 0 bridgehead atoms. The molecule has 1 atom stereocenters. The average Bonchev–Trinajstić information content (AvgIpc) is 2.86. The van der Waals surface area contributed by atoms with Crippen molar-refractivity contribution >= 4 is 39.3 Å². The summed E-state index contributed by atoms with van der Waals surface area (Å²) < 4.78 is 41.6. The Morgan fingerprint density at radius 1 is 0.886 bits per heavy atom. The molecular weight excluding hydrogens is 477 g/mol. The van der Waals surface area contributed by atoms with Crippen molar-refractivity contribution in [3.8, 4) is 0 Å². The van der Waals surface area contributed by atoms with Gasteiger partial charge < -0.3 is 5.32 Å². The average molecular weight is 493 g/mol. The molecule has 0 aliphatic carbocycles. The number of rotatable bonds is 4. The van der Waals surface area contributed by atoms with E-state index in [1.54, 1.807) is 54.7 Å². The van der Waals surface area contributed by atoms with Crippen LogP contribution in [0.15, 0.2) is 85.3 Å². The van der Waals surface area contributed by atoms with Gasteiger partial charge in [0, 0.05) is 34.9 Å². The van der Waals surface area contributed by atoms with Gasteiger partial charge in [-0.3, -0.25) is 19.7 Å². The molecule has 2 aromatic carbocycles. The Balaban J connectivity index is 1.62. The van der Waals surface area contributed by atoms with E-state index in [1.165, 1.54) is 18.5 Å². The largest absolute Gasteiger partial charge is 0.418 e. The van der Waals surface area contributed by atoms with Crippen LogP contribution in [0.4, 0.5) is 13.2 Å². The molecule has 3 heterocycles. The van der Waals surface area contributed by atoms with Crippen molar-refractivity contribution in [3.05, 3.63) is 113 Å². The molecule has 3 aromatic heterocycles. The van der Waals surface area contributed by atoms with E-state index >= 15 is 0 Å². The number of alkyl halides is 3. The fourth-order valence-electron chi connectivity index (χ4n) is 3.92. The summed E-state index contributed by atoms with van der Waals surface area (Å²) in [5.74, 6) is -0.576. The van der Waals surface area contributed by atoms with E-state index in [4.69, 9.17) is 11.6 Å². The number of benzene rings is 2. The van der Waals surface area contributed by atoms with E-state index in [2.05, 4.69) is 20.3 Å². The Labute approximate surface area is 202 Å². The molecule has 0 saturated carbocycles. The Hall–Kier alpha value is -4.04. The first-order valence-corrected chi connectivity index (χ1v) is 10.9. The summed E-state index contributed by atoms with van der Waals surface area (Å²) in [7, 11) is 0. The molecule has 0 radical (unpaired) electrons. The van der Waals surface area contributed by atoms with Gasteiger partial charge in [-0.1, -0.05) is 35.9 Å². The van der Waals surface area contributed by atoms with Crippen LogP contribution in [-0.2, 0) is 6.18 Å². The van der Waals surface area contributed by atoms with Gasteiger partial charge in [-0.15, -0.1) is 0 Å². The smallest absolute Gasteiger partial charge is 0.339 e. The second-order valence-electron chi connectivity index (χ2n) is 7.83. The topological polar surface area (TPSA) is 67.8 Å². The first-order valence-electron chi connectivity index (χ1n) is 10.5. The van der Waals surface area contributed by atoms with E-state index in [0.717, 1.165) is 11.5 Å². The number of nitrogens with one attached hydrogen (secondary N) is 1. The third-order valence-corrected chi connectivity index (χ3v) is 5.88. The molecule has 0 aliphatic heterocycles. The summed E-state index contributed by atoms with van der Waals surface area (Å²) in [6.07, 6.45) is -0.416. The molecule has 1 unspecified atom stereocenters.